The van der Waals surface area contributed by atoms with Crippen LogP contribution in [0.2, 0.25) is 0 Å². The van der Waals surface area contributed by atoms with E-state index in [1.807, 2.05) is 0 Å². The first kappa shape index (κ1) is 14.9. The molecule has 2 aliphatic rings. The predicted molar refractivity (Wildman–Crippen MR) is 68.6 cm³/mol. The summed E-state index contributed by atoms with van der Waals surface area (Å²) in [6.45, 7) is 0. The van der Waals surface area contributed by atoms with E-state index in [4.69, 9.17) is 4.74 Å². The molecule has 0 saturated heterocycles. The Kier molecular flexibility index (Phi) is 5.31. The average Bonchev–Trinajstić information content (AvgIpc) is 2.46. The Labute approximate surface area is 113 Å². The van der Waals surface area contributed by atoms with Gasteiger partial charge in [-0.2, -0.15) is 8.78 Å². The molecule has 0 heterocycles. The van der Waals surface area contributed by atoms with Crippen molar-refractivity contribution in [3.8, 4) is 0 Å². The maximum Gasteiger partial charge on any atom is 0.301 e. The Morgan fingerprint density at radius 2 is 1.26 bits per heavy atom. The zero-order valence-electron chi connectivity index (χ0n) is 11.5. The van der Waals surface area contributed by atoms with Crippen LogP contribution in [0.1, 0.15) is 51.4 Å². The molecule has 0 N–H and O–H groups in total. The number of hydrogen-bond acceptors (Lipinski definition) is 1. The molecule has 2 aliphatic carbocycles. The van der Waals surface area contributed by atoms with Crippen molar-refractivity contribution >= 4 is 0 Å². The van der Waals surface area contributed by atoms with Crippen LogP contribution in [0, 0.1) is 17.8 Å². The van der Waals surface area contributed by atoms with Crippen LogP contribution < -0.4 is 0 Å². The molecule has 0 aromatic heterocycles. The van der Waals surface area contributed by atoms with Crippen molar-refractivity contribution in [1.29, 1.82) is 0 Å². The second kappa shape index (κ2) is 6.78. The smallest absolute Gasteiger partial charge is 0.301 e. The average molecular weight is 276 g/mol. The van der Waals surface area contributed by atoms with E-state index in [-0.39, 0.29) is 0 Å². The van der Waals surface area contributed by atoms with Crippen LogP contribution in [-0.4, -0.2) is 13.2 Å². The molecular weight excluding hydrogens is 253 g/mol. The fourth-order valence-corrected chi connectivity index (χ4v) is 3.79. The van der Waals surface area contributed by atoms with E-state index in [9.17, 15) is 13.2 Å². The standard InChI is InChI=1S/C15H23F3O/c1-19-13-8-6-11(7-9-13)10-2-4-12(5-3-10)14(16)15(17)18/h10-13H,2-9H2,1H3. The van der Waals surface area contributed by atoms with Gasteiger partial charge in [-0.1, -0.05) is 0 Å². The summed E-state index contributed by atoms with van der Waals surface area (Å²) in [4.78, 5) is 0. The second-order valence-electron chi connectivity index (χ2n) is 5.99. The van der Waals surface area contributed by atoms with Gasteiger partial charge in [-0.25, -0.2) is 4.39 Å². The molecule has 0 unspecified atom stereocenters. The Morgan fingerprint density at radius 1 is 0.789 bits per heavy atom. The minimum Gasteiger partial charge on any atom is -0.381 e. The normalized spacial score (nSPS) is 36.0. The van der Waals surface area contributed by atoms with Crippen LogP contribution >= 0.6 is 0 Å². The van der Waals surface area contributed by atoms with Crippen LogP contribution in [0.25, 0.3) is 0 Å². The molecule has 4 heteroatoms. The molecule has 1 nitrogen and oxygen atoms in total. The van der Waals surface area contributed by atoms with Crippen molar-refractivity contribution in [1.82, 2.24) is 0 Å². The molecular formula is C15H23F3O. The number of rotatable bonds is 3. The highest BCUT2D eigenvalue weighted by Crippen LogP contribution is 2.42. The van der Waals surface area contributed by atoms with Crippen LogP contribution in [0.3, 0.4) is 0 Å². The lowest BCUT2D eigenvalue weighted by atomic mass is 9.70. The fraction of sp³-hybridized carbons (Fsp3) is 0.867. The Morgan fingerprint density at radius 3 is 1.68 bits per heavy atom. The van der Waals surface area contributed by atoms with Crippen LogP contribution in [0.5, 0.6) is 0 Å². The van der Waals surface area contributed by atoms with Gasteiger partial charge in [0.15, 0.2) is 5.83 Å². The lowest BCUT2D eigenvalue weighted by molar-refractivity contribution is 0.0396. The summed E-state index contributed by atoms with van der Waals surface area (Å²) in [5, 5.41) is 0. The lowest BCUT2D eigenvalue weighted by Crippen LogP contribution is -2.28. The van der Waals surface area contributed by atoms with Gasteiger partial charge >= 0.3 is 6.08 Å². The summed E-state index contributed by atoms with van der Waals surface area (Å²) in [6.07, 6.45) is 5.78. The van der Waals surface area contributed by atoms with Gasteiger partial charge in [-0.3, -0.25) is 0 Å². The number of methoxy groups -OCH3 is 1. The highest BCUT2D eigenvalue weighted by molar-refractivity contribution is 5.00. The van der Waals surface area contributed by atoms with Gasteiger partial charge in [0.05, 0.1) is 6.10 Å². The Hall–Kier alpha value is -0.510. The Bertz CT molecular complexity index is 309. The summed E-state index contributed by atoms with van der Waals surface area (Å²) in [7, 11) is 1.76. The first-order chi connectivity index (χ1) is 9.11. The van der Waals surface area contributed by atoms with E-state index in [1.165, 1.54) is 12.8 Å². The number of allylic oxidation sites excluding steroid dienone is 1. The Balaban J connectivity index is 1.79. The van der Waals surface area contributed by atoms with E-state index in [0.29, 0.717) is 30.8 Å². The van der Waals surface area contributed by atoms with Crippen molar-refractivity contribution in [2.24, 2.45) is 17.8 Å². The van der Waals surface area contributed by atoms with Gasteiger partial charge < -0.3 is 4.74 Å². The van der Waals surface area contributed by atoms with Gasteiger partial charge in [-0.15, -0.1) is 0 Å². The maximum absolute atomic E-state index is 13.2. The van der Waals surface area contributed by atoms with Crippen molar-refractivity contribution in [3.05, 3.63) is 11.9 Å². The minimum absolute atomic E-state index is 0.397. The van der Waals surface area contributed by atoms with Crippen molar-refractivity contribution in [3.63, 3.8) is 0 Å². The van der Waals surface area contributed by atoms with E-state index in [2.05, 4.69) is 0 Å². The predicted octanol–water partition coefficient (Wildman–Crippen LogP) is 5.08. The quantitative estimate of drug-likeness (QED) is 0.698. The number of ether oxygens (including phenoxy) is 1. The highest BCUT2D eigenvalue weighted by atomic mass is 19.3. The zero-order valence-corrected chi connectivity index (χ0v) is 11.5. The summed E-state index contributed by atoms with van der Waals surface area (Å²) in [6, 6.07) is 0. The molecule has 110 valence electrons. The molecule has 0 bridgehead atoms. The van der Waals surface area contributed by atoms with Crippen LogP contribution in [0.15, 0.2) is 11.9 Å². The van der Waals surface area contributed by atoms with Gasteiger partial charge in [0, 0.05) is 13.0 Å². The first-order valence-corrected chi connectivity index (χ1v) is 7.35. The SMILES string of the molecule is COC1CCC(C2CCC(C(F)=C(F)F)CC2)CC1. The first-order valence-electron chi connectivity index (χ1n) is 7.35. The van der Waals surface area contributed by atoms with Crippen molar-refractivity contribution in [2.75, 3.05) is 7.11 Å². The maximum atomic E-state index is 13.2. The van der Waals surface area contributed by atoms with Crippen LogP contribution in [-0.2, 0) is 4.74 Å². The molecule has 0 aliphatic heterocycles. The molecule has 0 spiro atoms. The van der Waals surface area contributed by atoms with Gasteiger partial charge in [-0.05, 0) is 63.2 Å². The number of halogens is 3. The van der Waals surface area contributed by atoms with E-state index < -0.39 is 17.8 Å². The molecule has 19 heavy (non-hydrogen) atoms. The fourth-order valence-electron chi connectivity index (χ4n) is 3.79. The third kappa shape index (κ3) is 3.74. The largest absolute Gasteiger partial charge is 0.381 e. The van der Waals surface area contributed by atoms with Crippen LogP contribution in [0.4, 0.5) is 13.2 Å². The highest BCUT2D eigenvalue weighted by Gasteiger charge is 2.32. The lowest BCUT2D eigenvalue weighted by Gasteiger charge is -2.37. The number of hydrogen-bond donors (Lipinski definition) is 0. The third-order valence-electron chi connectivity index (χ3n) is 5.03. The van der Waals surface area contributed by atoms with E-state index >= 15 is 0 Å². The molecule has 2 fully saturated rings. The summed E-state index contributed by atoms with van der Waals surface area (Å²) < 4.78 is 43.0. The van der Waals surface area contributed by atoms with E-state index in [0.717, 1.165) is 25.7 Å². The molecule has 2 saturated carbocycles. The molecule has 0 amide bonds. The summed E-state index contributed by atoms with van der Waals surface area (Å²) >= 11 is 0. The summed E-state index contributed by atoms with van der Waals surface area (Å²) in [5.74, 6) is -0.405. The monoisotopic (exact) mass is 276 g/mol. The molecule has 0 radical (unpaired) electrons. The summed E-state index contributed by atoms with van der Waals surface area (Å²) in [5.41, 5.74) is 0. The van der Waals surface area contributed by atoms with E-state index in [1.54, 1.807) is 7.11 Å². The van der Waals surface area contributed by atoms with Crippen molar-refractivity contribution < 1.29 is 17.9 Å². The molecule has 0 aromatic carbocycles. The molecule has 2 rings (SSSR count). The van der Waals surface area contributed by atoms with Gasteiger partial charge in [0.25, 0.3) is 0 Å². The minimum atomic E-state index is -2.12. The second-order valence-corrected chi connectivity index (χ2v) is 5.99. The van der Waals surface area contributed by atoms with Crippen molar-refractivity contribution in [2.45, 2.75) is 57.5 Å². The molecule has 0 atom stereocenters. The third-order valence-corrected chi connectivity index (χ3v) is 5.03. The topological polar surface area (TPSA) is 9.23 Å². The van der Waals surface area contributed by atoms with Gasteiger partial charge in [0.2, 0.25) is 0 Å². The molecule has 0 aromatic rings. The van der Waals surface area contributed by atoms with Gasteiger partial charge in [0.1, 0.15) is 0 Å². The zero-order chi connectivity index (χ0) is 13.8.